The van der Waals surface area contributed by atoms with Gasteiger partial charge in [0.05, 0.1) is 0 Å². The number of nitrogens with one attached hydrogen (secondary N) is 1. The Kier molecular flexibility index (Phi) is 3.64. The number of nitrogens with zero attached hydrogens (tertiary/aromatic N) is 1. The van der Waals surface area contributed by atoms with E-state index in [-0.39, 0.29) is 17.9 Å². The van der Waals surface area contributed by atoms with E-state index in [2.05, 4.69) is 19.2 Å². The maximum absolute atomic E-state index is 12.3. The van der Waals surface area contributed by atoms with Crippen molar-refractivity contribution >= 4 is 11.8 Å². The van der Waals surface area contributed by atoms with Crippen molar-refractivity contribution in [1.82, 2.24) is 10.2 Å². The molecule has 1 N–H and O–H groups in total. The molecule has 2 fully saturated rings. The van der Waals surface area contributed by atoms with Crippen LogP contribution in [0.15, 0.2) is 0 Å². The van der Waals surface area contributed by atoms with Crippen LogP contribution in [0.1, 0.15) is 52.9 Å². The summed E-state index contributed by atoms with van der Waals surface area (Å²) in [5, 5.41) is 2.75. The molecule has 102 valence electrons. The van der Waals surface area contributed by atoms with Gasteiger partial charge in [-0.2, -0.15) is 0 Å². The first-order valence-electron chi connectivity index (χ1n) is 6.99. The van der Waals surface area contributed by atoms with E-state index in [0.717, 1.165) is 12.8 Å². The van der Waals surface area contributed by atoms with E-state index in [1.807, 2.05) is 4.90 Å². The number of carbonyl (C=O) groups is 2. The Labute approximate surface area is 109 Å². The monoisotopic (exact) mass is 252 g/mol. The molecule has 4 heteroatoms. The molecule has 0 spiro atoms. The summed E-state index contributed by atoms with van der Waals surface area (Å²) in [6, 6.07) is -0.0542. The molecular formula is C14H24N2O2. The molecular weight excluding hydrogens is 228 g/mol. The zero-order valence-corrected chi connectivity index (χ0v) is 11.7. The van der Waals surface area contributed by atoms with Gasteiger partial charge in [-0.3, -0.25) is 9.59 Å². The van der Waals surface area contributed by atoms with Gasteiger partial charge in [0.1, 0.15) is 6.04 Å². The van der Waals surface area contributed by atoms with Gasteiger partial charge in [-0.25, -0.2) is 0 Å². The van der Waals surface area contributed by atoms with Crippen LogP contribution in [0.4, 0.5) is 0 Å². The van der Waals surface area contributed by atoms with Crippen LogP contribution in [0.2, 0.25) is 0 Å². The van der Waals surface area contributed by atoms with Gasteiger partial charge in [-0.1, -0.05) is 20.3 Å². The SMILES string of the molecule is CC1NC(=O)CCN(C2CCCC(C)(C)C2)C1=O. The van der Waals surface area contributed by atoms with Gasteiger partial charge in [0.15, 0.2) is 0 Å². The average molecular weight is 252 g/mol. The first kappa shape index (κ1) is 13.4. The molecule has 2 amide bonds. The Morgan fingerprint density at radius 1 is 1.33 bits per heavy atom. The Bertz CT molecular complexity index is 352. The first-order chi connectivity index (χ1) is 8.39. The molecule has 2 atom stereocenters. The number of hydrogen-bond acceptors (Lipinski definition) is 2. The van der Waals surface area contributed by atoms with E-state index in [9.17, 15) is 9.59 Å². The molecule has 1 heterocycles. The summed E-state index contributed by atoms with van der Waals surface area (Å²) in [7, 11) is 0. The molecule has 1 saturated heterocycles. The molecule has 0 bridgehead atoms. The van der Waals surface area contributed by atoms with Crippen molar-refractivity contribution in [3.05, 3.63) is 0 Å². The lowest BCUT2D eigenvalue weighted by atomic mass is 9.74. The predicted molar refractivity (Wildman–Crippen MR) is 70.0 cm³/mol. The standard InChI is InChI=1S/C14H24N2O2/c1-10-13(18)16(8-6-12(17)15-10)11-5-4-7-14(2,3)9-11/h10-11H,4-9H2,1-3H3,(H,15,17). The lowest BCUT2D eigenvalue weighted by molar-refractivity contribution is -0.136. The smallest absolute Gasteiger partial charge is 0.245 e. The maximum atomic E-state index is 12.3. The maximum Gasteiger partial charge on any atom is 0.245 e. The van der Waals surface area contributed by atoms with Gasteiger partial charge in [-0.05, 0) is 31.6 Å². The Morgan fingerprint density at radius 3 is 2.72 bits per heavy atom. The van der Waals surface area contributed by atoms with Crippen LogP contribution in [0.25, 0.3) is 0 Å². The molecule has 18 heavy (non-hydrogen) atoms. The van der Waals surface area contributed by atoms with Crippen LogP contribution < -0.4 is 5.32 Å². The molecule has 1 aliphatic heterocycles. The molecule has 0 aromatic heterocycles. The van der Waals surface area contributed by atoms with Crippen molar-refractivity contribution in [3.63, 3.8) is 0 Å². The fraction of sp³-hybridized carbons (Fsp3) is 0.857. The van der Waals surface area contributed by atoms with Crippen molar-refractivity contribution in [1.29, 1.82) is 0 Å². The quantitative estimate of drug-likeness (QED) is 0.772. The van der Waals surface area contributed by atoms with Gasteiger partial charge in [0, 0.05) is 19.0 Å². The van der Waals surface area contributed by atoms with Crippen molar-refractivity contribution in [2.75, 3.05) is 6.54 Å². The summed E-state index contributed by atoms with van der Waals surface area (Å²) in [5.41, 5.74) is 0.316. The topological polar surface area (TPSA) is 49.4 Å². The molecule has 0 aromatic carbocycles. The molecule has 1 aliphatic carbocycles. The fourth-order valence-corrected chi connectivity index (χ4v) is 3.24. The van der Waals surface area contributed by atoms with E-state index in [0.29, 0.717) is 24.4 Å². The van der Waals surface area contributed by atoms with Crippen molar-refractivity contribution in [3.8, 4) is 0 Å². The molecule has 1 saturated carbocycles. The van der Waals surface area contributed by atoms with Crippen LogP contribution in [0.5, 0.6) is 0 Å². The molecule has 0 aromatic rings. The zero-order chi connectivity index (χ0) is 13.3. The highest BCUT2D eigenvalue weighted by molar-refractivity contribution is 5.89. The third-order valence-electron chi connectivity index (χ3n) is 4.23. The summed E-state index contributed by atoms with van der Waals surface area (Å²) < 4.78 is 0. The Hall–Kier alpha value is -1.06. The summed E-state index contributed by atoms with van der Waals surface area (Å²) >= 11 is 0. The third-order valence-corrected chi connectivity index (χ3v) is 4.23. The minimum Gasteiger partial charge on any atom is -0.345 e. The summed E-state index contributed by atoms with van der Waals surface area (Å²) in [6.45, 7) is 6.91. The summed E-state index contributed by atoms with van der Waals surface area (Å²) in [4.78, 5) is 25.8. The Balaban J connectivity index is 2.10. The highest BCUT2D eigenvalue weighted by Crippen LogP contribution is 2.37. The lowest BCUT2D eigenvalue weighted by Crippen LogP contribution is -2.49. The highest BCUT2D eigenvalue weighted by Gasteiger charge is 2.36. The second-order valence-corrected chi connectivity index (χ2v) is 6.49. The van der Waals surface area contributed by atoms with E-state index >= 15 is 0 Å². The third kappa shape index (κ3) is 2.85. The number of amides is 2. The van der Waals surface area contributed by atoms with E-state index in [1.54, 1.807) is 6.92 Å². The molecule has 2 rings (SSSR count). The molecule has 2 unspecified atom stereocenters. The predicted octanol–water partition coefficient (Wildman–Crippen LogP) is 1.69. The first-order valence-corrected chi connectivity index (χ1v) is 6.99. The second-order valence-electron chi connectivity index (χ2n) is 6.49. The van der Waals surface area contributed by atoms with E-state index < -0.39 is 0 Å². The van der Waals surface area contributed by atoms with E-state index in [1.165, 1.54) is 12.8 Å². The van der Waals surface area contributed by atoms with Crippen LogP contribution in [0.3, 0.4) is 0 Å². The molecule has 0 radical (unpaired) electrons. The minimum absolute atomic E-state index is 0.00609. The summed E-state index contributed by atoms with van der Waals surface area (Å²) in [6.07, 6.45) is 4.98. The zero-order valence-electron chi connectivity index (χ0n) is 11.7. The molecule has 4 nitrogen and oxygen atoms in total. The minimum atomic E-state index is -0.370. The Morgan fingerprint density at radius 2 is 2.06 bits per heavy atom. The van der Waals surface area contributed by atoms with Gasteiger partial charge >= 0.3 is 0 Å². The van der Waals surface area contributed by atoms with E-state index in [4.69, 9.17) is 0 Å². The molecule has 2 aliphatic rings. The number of carbonyl (C=O) groups excluding carboxylic acids is 2. The van der Waals surface area contributed by atoms with Crippen LogP contribution in [-0.2, 0) is 9.59 Å². The van der Waals surface area contributed by atoms with Crippen molar-refractivity contribution in [2.45, 2.75) is 65.0 Å². The van der Waals surface area contributed by atoms with Gasteiger partial charge < -0.3 is 10.2 Å². The van der Waals surface area contributed by atoms with Gasteiger partial charge in [0.25, 0.3) is 0 Å². The van der Waals surface area contributed by atoms with Crippen molar-refractivity contribution in [2.24, 2.45) is 5.41 Å². The normalized spacial score (nSPS) is 32.9. The van der Waals surface area contributed by atoms with Crippen LogP contribution in [0, 0.1) is 5.41 Å². The van der Waals surface area contributed by atoms with Crippen LogP contribution in [-0.4, -0.2) is 35.3 Å². The van der Waals surface area contributed by atoms with Gasteiger partial charge in [0.2, 0.25) is 11.8 Å². The largest absolute Gasteiger partial charge is 0.345 e. The van der Waals surface area contributed by atoms with Crippen molar-refractivity contribution < 1.29 is 9.59 Å². The lowest BCUT2D eigenvalue weighted by Gasteiger charge is -2.41. The van der Waals surface area contributed by atoms with Crippen LogP contribution >= 0.6 is 0 Å². The number of hydrogen-bond donors (Lipinski definition) is 1. The average Bonchev–Trinajstić information content (AvgIpc) is 2.38. The number of rotatable bonds is 1. The second kappa shape index (κ2) is 4.90. The highest BCUT2D eigenvalue weighted by atomic mass is 16.2. The fourth-order valence-electron chi connectivity index (χ4n) is 3.24. The van der Waals surface area contributed by atoms with Gasteiger partial charge in [-0.15, -0.1) is 0 Å². The summed E-state index contributed by atoms with van der Waals surface area (Å²) in [5.74, 6) is 0.0805.